The van der Waals surface area contributed by atoms with Crippen molar-refractivity contribution in [3.63, 3.8) is 0 Å². The van der Waals surface area contributed by atoms with E-state index in [2.05, 4.69) is 5.16 Å². The van der Waals surface area contributed by atoms with Crippen molar-refractivity contribution in [1.29, 1.82) is 0 Å². The Morgan fingerprint density at radius 1 is 1.22 bits per heavy atom. The molecule has 0 fully saturated rings. The summed E-state index contributed by atoms with van der Waals surface area (Å²) in [5, 5.41) is 15.3. The van der Waals surface area contributed by atoms with Gasteiger partial charge in [0.15, 0.2) is 5.58 Å². The number of aliphatic hydroxyl groups excluding tert-OH is 1. The molecule has 3 aromatic rings. The van der Waals surface area contributed by atoms with E-state index in [0.29, 0.717) is 51.8 Å². The van der Waals surface area contributed by atoms with E-state index in [-0.39, 0.29) is 12.5 Å². The normalized spacial score (nSPS) is 12.6. The lowest BCUT2D eigenvalue weighted by molar-refractivity contribution is -0.0186. The average Bonchev–Trinajstić information content (AvgIpc) is 3.15. The van der Waals surface area contributed by atoms with Crippen LogP contribution in [0.5, 0.6) is 11.6 Å². The van der Waals surface area contributed by atoms with E-state index < -0.39 is 11.7 Å². The number of amides is 1. The Hall–Kier alpha value is -2.77. The number of nitrogens with zero attached hydrogens (tertiary/aromatic N) is 2. The van der Waals surface area contributed by atoms with Gasteiger partial charge in [0.2, 0.25) is 0 Å². The largest absolute Gasteiger partial charge is 0.485 e. The molecule has 0 bridgehead atoms. The Labute approximate surface area is 192 Å². The molecule has 1 heterocycles. The Morgan fingerprint density at radius 2 is 1.94 bits per heavy atom. The minimum absolute atomic E-state index is 0.0703. The van der Waals surface area contributed by atoms with Gasteiger partial charge in [0, 0.05) is 35.3 Å². The number of aliphatic hydroxyl groups is 1. The summed E-state index contributed by atoms with van der Waals surface area (Å²) in [4.78, 5) is 14.6. The fourth-order valence-corrected chi connectivity index (χ4v) is 3.29. The highest BCUT2D eigenvalue weighted by Crippen LogP contribution is 2.31. The number of aromatic nitrogens is 1. The molecule has 7 nitrogen and oxygen atoms in total. The third-order valence-electron chi connectivity index (χ3n) is 5.50. The highest BCUT2D eigenvalue weighted by molar-refractivity contribution is 6.31. The summed E-state index contributed by atoms with van der Waals surface area (Å²) in [6.07, 6.45) is -0.711. The number of benzene rings is 2. The predicted molar refractivity (Wildman–Crippen MR) is 123 cm³/mol. The first-order valence-corrected chi connectivity index (χ1v) is 11.0. The lowest BCUT2D eigenvalue weighted by Gasteiger charge is -2.30. The number of rotatable bonds is 9. The highest BCUT2D eigenvalue weighted by Gasteiger charge is 2.28. The standard InChI is InChI=1S/C24H29ClN2O5/c1-6-27(7-2)23(29)16-8-11-20(31-24(4,5)15(3)28)17(12-16)14-30-22-19-10-9-18(25)13-21(19)32-26-22/h8-13,15,28H,6-7,14H2,1-5H3/t15-/m0/s1. The molecule has 1 N–H and O–H groups in total. The maximum atomic E-state index is 12.9. The van der Waals surface area contributed by atoms with E-state index in [1.807, 2.05) is 13.8 Å². The van der Waals surface area contributed by atoms with Gasteiger partial charge in [-0.05, 0) is 70.1 Å². The molecule has 0 aliphatic heterocycles. The summed E-state index contributed by atoms with van der Waals surface area (Å²) in [5.74, 6) is 0.764. The topological polar surface area (TPSA) is 85.0 Å². The van der Waals surface area contributed by atoms with Gasteiger partial charge in [-0.2, -0.15) is 0 Å². The number of hydrogen-bond donors (Lipinski definition) is 1. The number of carbonyl (C=O) groups is 1. The lowest BCUT2D eigenvalue weighted by Crippen LogP contribution is -2.40. The minimum Gasteiger partial charge on any atom is -0.485 e. The van der Waals surface area contributed by atoms with Crippen LogP contribution in [0.4, 0.5) is 0 Å². The molecule has 0 saturated carbocycles. The molecular formula is C24H29ClN2O5. The molecule has 0 unspecified atom stereocenters. The van der Waals surface area contributed by atoms with Gasteiger partial charge in [0.25, 0.3) is 11.8 Å². The number of ether oxygens (including phenoxy) is 2. The quantitative estimate of drug-likeness (QED) is 0.479. The zero-order valence-corrected chi connectivity index (χ0v) is 19.8. The van der Waals surface area contributed by atoms with Gasteiger partial charge in [-0.25, -0.2) is 0 Å². The van der Waals surface area contributed by atoms with Crippen LogP contribution < -0.4 is 9.47 Å². The molecule has 8 heteroatoms. The van der Waals surface area contributed by atoms with Crippen molar-refractivity contribution in [2.24, 2.45) is 0 Å². The van der Waals surface area contributed by atoms with E-state index in [4.69, 9.17) is 25.6 Å². The Balaban J connectivity index is 1.93. The van der Waals surface area contributed by atoms with Crippen LogP contribution in [0.15, 0.2) is 40.9 Å². The van der Waals surface area contributed by atoms with Crippen LogP contribution in [0.2, 0.25) is 5.02 Å². The van der Waals surface area contributed by atoms with E-state index in [0.717, 1.165) is 0 Å². The fraction of sp³-hybridized carbons (Fsp3) is 0.417. The third kappa shape index (κ3) is 5.16. The molecular weight excluding hydrogens is 432 g/mol. The van der Waals surface area contributed by atoms with Crippen LogP contribution in [-0.4, -0.2) is 45.9 Å². The maximum absolute atomic E-state index is 12.9. The molecule has 0 aliphatic rings. The van der Waals surface area contributed by atoms with Crippen molar-refractivity contribution < 1.29 is 23.9 Å². The maximum Gasteiger partial charge on any atom is 0.262 e. The second-order valence-electron chi connectivity index (χ2n) is 8.10. The van der Waals surface area contributed by atoms with Crippen molar-refractivity contribution in [3.8, 4) is 11.6 Å². The van der Waals surface area contributed by atoms with Crippen LogP contribution in [-0.2, 0) is 6.61 Å². The molecule has 0 saturated heterocycles. The summed E-state index contributed by atoms with van der Waals surface area (Å²) in [6.45, 7) is 10.5. The number of fused-ring (bicyclic) bond motifs is 1. The lowest BCUT2D eigenvalue weighted by atomic mass is 10.0. The minimum atomic E-state index is -0.837. The van der Waals surface area contributed by atoms with Crippen molar-refractivity contribution in [2.75, 3.05) is 13.1 Å². The number of hydrogen-bond acceptors (Lipinski definition) is 6. The van der Waals surface area contributed by atoms with Crippen LogP contribution in [0, 0.1) is 0 Å². The summed E-state index contributed by atoms with van der Waals surface area (Å²) in [6, 6.07) is 10.4. The molecule has 1 amide bonds. The first-order valence-electron chi connectivity index (χ1n) is 10.6. The summed E-state index contributed by atoms with van der Waals surface area (Å²) >= 11 is 6.00. The number of carbonyl (C=O) groups excluding carboxylic acids is 1. The fourth-order valence-electron chi connectivity index (χ4n) is 3.13. The SMILES string of the molecule is CCN(CC)C(=O)c1ccc(OC(C)(C)[C@H](C)O)c(COc2noc3cc(Cl)ccc23)c1. The van der Waals surface area contributed by atoms with Gasteiger partial charge >= 0.3 is 0 Å². The molecule has 32 heavy (non-hydrogen) atoms. The zero-order valence-electron chi connectivity index (χ0n) is 19.0. The van der Waals surface area contributed by atoms with Gasteiger partial charge < -0.3 is 24.0 Å². The van der Waals surface area contributed by atoms with Crippen molar-refractivity contribution in [2.45, 2.75) is 52.9 Å². The molecule has 0 radical (unpaired) electrons. The third-order valence-corrected chi connectivity index (χ3v) is 5.74. The first kappa shape index (κ1) is 23.9. The second-order valence-corrected chi connectivity index (χ2v) is 8.53. The molecule has 1 atom stereocenters. The van der Waals surface area contributed by atoms with E-state index >= 15 is 0 Å². The Bertz CT molecular complexity index is 1090. The van der Waals surface area contributed by atoms with E-state index in [1.54, 1.807) is 62.1 Å². The van der Waals surface area contributed by atoms with Crippen LogP contribution >= 0.6 is 11.6 Å². The van der Waals surface area contributed by atoms with Crippen LogP contribution in [0.1, 0.15) is 50.5 Å². The van der Waals surface area contributed by atoms with Crippen LogP contribution in [0.3, 0.4) is 0 Å². The summed E-state index contributed by atoms with van der Waals surface area (Å²) < 4.78 is 17.3. The van der Waals surface area contributed by atoms with Crippen LogP contribution in [0.25, 0.3) is 11.0 Å². The van der Waals surface area contributed by atoms with Crippen molar-refractivity contribution in [1.82, 2.24) is 10.1 Å². The van der Waals surface area contributed by atoms with Gasteiger partial charge in [-0.3, -0.25) is 4.79 Å². The Kier molecular flexibility index (Phi) is 7.31. The molecule has 2 aromatic carbocycles. The summed E-state index contributed by atoms with van der Waals surface area (Å²) in [5.41, 5.74) is 0.869. The second kappa shape index (κ2) is 9.79. The zero-order chi connectivity index (χ0) is 23.5. The van der Waals surface area contributed by atoms with Gasteiger partial charge in [-0.1, -0.05) is 11.6 Å². The van der Waals surface area contributed by atoms with Gasteiger partial charge in [-0.15, -0.1) is 0 Å². The monoisotopic (exact) mass is 460 g/mol. The van der Waals surface area contributed by atoms with E-state index in [1.165, 1.54) is 0 Å². The predicted octanol–water partition coefficient (Wildman–Crippen LogP) is 5.08. The summed E-state index contributed by atoms with van der Waals surface area (Å²) in [7, 11) is 0. The average molecular weight is 461 g/mol. The Morgan fingerprint density at radius 3 is 2.59 bits per heavy atom. The van der Waals surface area contributed by atoms with Crippen molar-refractivity contribution >= 4 is 28.5 Å². The molecule has 3 rings (SSSR count). The van der Waals surface area contributed by atoms with E-state index in [9.17, 15) is 9.90 Å². The smallest absolute Gasteiger partial charge is 0.262 e. The number of halogens is 1. The molecule has 0 aliphatic carbocycles. The van der Waals surface area contributed by atoms with Crippen molar-refractivity contribution in [3.05, 3.63) is 52.5 Å². The first-order chi connectivity index (χ1) is 15.2. The molecule has 1 aromatic heterocycles. The van der Waals surface area contributed by atoms with Gasteiger partial charge in [0.05, 0.1) is 11.5 Å². The highest BCUT2D eigenvalue weighted by atomic mass is 35.5. The van der Waals surface area contributed by atoms with Gasteiger partial charge in [0.1, 0.15) is 18.0 Å². The molecule has 0 spiro atoms. The molecule has 172 valence electrons.